The van der Waals surface area contributed by atoms with Crippen molar-refractivity contribution in [2.45, 2.75) is 68.3 Å². The molecule has 1 spiro atoms. The predicted octanol–water partition coefficient (Wildman–Crippen LogP) is 2.80. The van der Waals surface area contributed by atoms with E-state index < -0.39 is 49.1 Å². The minimum Gasteiger partial charge on any atom is -0.383 e. The molecule has 3 rings (SSSR count). The van der Waals surface area contributed by atoms with Crippen LogP contribution in [-0.4, -0.2) is 66.9 Å². The smallest absolute Gasteiger partial charge is 0.234 e. The van der Waals surface area contributed by atoms with E-state index in [0.717, 1.165) is 0 Å². The Hall–Kier alpha value is -1.67. The second kappa shape index (κ2) is 11.4. The predicted molar refractivity (Wildman–Crippen MR) is 141 cm³/mol. The zero-order chi connectivity index (χ0) is 26.7. The number of aliphatic hydroxyl groups is 2. The van der Waals surface area contributed by atoms with E-state index in [4.69, 9.17) is 9.47 Å². The van der Waals surface area contributed by atoms with Crippen molar-refractivity contribution in [3.8, 4) is 0 Å². The molecule has 1 saturated heterocycles. The van der Waals surface area contributed by atoms with Crippen LogP contribution in [0.3, 0.4) is 0 Å². The van der Waals surface area contributed by atoms with E-state index in [9.17, 15) is 24.0 Å². The van der Waals surface area contributed by atoms with Gasteiger partial charge in [-0.1, -0.05) is 23.8 Å². The number of amides is 1. The second-order valence-electron chi connectivity index (χ2n) is 9.05. The molecular formula is C24H32N2O7S3. The Morgan fingerprint density at radius 3 is 2.56 bits per heavy atom. The molecule has 1 aromatic heterocycles. The van der Waals surface area contributed by atoms with Gasteiger partial charge in [0.1, 0.15) is 21.5 Å². The Kier molecular flexibility index (Phi) is 9.13. The Balaban J connectivity index is 2.06. The first-order chi connectivity index (χ1) is 16.9. The van der Waals surface area contributed by atoms with E-state index in [-0.39, 0.29) is 19.3 Å². The van der Waals surface area contributed by atoms with E-state index in [0.29, 0.717) is 27.1 Å². The van der Waals surface area contributed by atoms with Gasteiger partial charge in [0.25, 0.3) is 0 Å². The summed E-state index contributed by atoms with van der Waals surface area (Å²) in [5, 5.41) is 26.8. The van der Waals surface area contributed by atoms with Crippen molar-refractivity contribution in [1.82, 2.24) is 10.3 Å². The van der Waals surface area contributed by atoms with Crippen LogP contribution in [0.1, 0.15) is 56.8 Å². The number of ether oxygens (including phenoxy) is 2. The first kappa shape index (κ1) is 28.9. The monoisotopic (exact) mass is 556 g/mol. The fraction of sp³-hybridized carbons (Fsp3) is 0.542. The molecule has 3 N–H and O–H groups in total. The maximum atomic E-state index is 13.2. The van der Waals surface area contributed by atoms with Crippen molar-refractivity contribution in [1.29, 1.82) is 0 Å². The lowest BCUT2D eigenvalue weighted by Crippen LogP contribution is -2.55. The molecule has 2 aliphatic rings. The largest absolute Gasteiger partial charge is 0.383 e. The zero-order valence-corrected chi connectivity index (χ0v) is 23.3. The molecular weight excluding hydrogens is 524 g/mol. The van der Waals surface area contributed by atoms with E-state index in [1.54, 1.807) is 44.2 Å². The van der Waals surface area contributed by atoms with Gasteiger partial charge in [-0.25, -0.2) is 9.19 Å². The van der Waals surface area contributed by atoms with Gasteiger partial charge in [-0.05, 0) is 45.8 Å². The molecule has 9 nitrogen and oxygen atoms in total. The highest BCUT2D eigenvalue weighted by atomic mass is 33.1. The molecule has 3 heterocycles. The molecule has 1 fully saturated rings. The fourth-order valence-corrected chi connectivity index (χ4v) is 8.92. The second-order valence-corrected chi connectivity index (χ2v) is 13.1. The van der Waals surface area contributed by atoms with Gasteiger partial charge in [0, 0.05) is 36.8 Å². The van der Waals surface area contributed by atoms with Crippen molar-refractivity contribution in [2.24, 2.45) is 0 Å². The standard InChI is InChI=1S/C24H32N2O7S3/c1-15-9-11-23(22(3,30)21(29)35-36(23)31)13-19(28)25-16(2)20-26-17(14-34-20)8-6-7-10-24(32-4,33-5)18(27)12-15/h6-8,10,12,14,16,18,27,30H,9,11,13H2,1-5H3,(H,25,28)/b8-6-,10-7+,15-12+/t16-,18-,22+,23-,36?/m1/s1. The lowest BCUT2D eigenvalue weighted by molar-refractivity contribution is -0.213. The van der Waals surface area contributed by atoms with Crippen LogP contribution in [0.15, 0.2) is 35.3 Å². The average Bonchev–Trinajstić information content (AvgIpc) is 3.35. The molecule has 0 saturated carbocycles. The number of fused-ring (bicyclic) bond motifs is 2. The number of hydrogen-bond acceptors (Lipinski definition) is 10. The first-order valence-electron chi connectivity index (χ1n) is 11.3. The van der Waals surface area contributed by atoms with Crippen LogP contribution in [0.2, 0.25) is 0 Å². The van der Waals surface area contributed by atoms with E-state index in [1.807, 2.05) is 5.38 Å². The summed E-state index contributed by atoms with van der Waals surface area (Å²) >= 11 is 1.37. The summed E-state index contributed by atoms with van der Waals surface area (Å²) in [5.41, 5.74) is -0.616. The van der Waals surface area contributed by atoms with Crippen LogP contribution >= 0.6 is 22.1 Å². The molecule has 0 aliphatic carbocycles. The molecule has 36 heavy (non-hydrogen) atoms. The minimum atomic E-state index is -1.98. The third-order valence-corrected chi connectivity index (χ3v) is 11.6. The molecule has 1 unspecified atom stereocenters. The first-order valence-corrected chi connectivity index (χ1v) is 14.7. The summed E-state index contributed by atoms with van der Waals surface area (Å²) < 4.78 is 22.7. The number of aliphatic hydroxyl groups excluding tert-OH is 1. The molecule has 2 bridgehead atoms. The molecule has 0 aromatic carbocycles. The van der Waals surface area contributed by atoms with Gasteiger partial charge in [-0.15, -0.1) is 11.3 Å². The number of carbonyl (C=O) groups excluding carboxylic acids is 2. The summed E-state index contributed by atoms with van der Waals surface area (Å²) in [6, 6.07) is -0.425. The highest BCUT2D eigenvalue weighted by Gasteiger charge is 2.63. The number of nitrogens with zero attached hydrogens (tertiary/aromatic N) is 1. The number of hydrogen-bond donors (Lipinski definition) is 3. The number of aromatic nitrogens is 1. The molecule has 198 valence electrons. The van der Waals surface area contributed by atoms with Gasteiger partial charge in [0.15, 0.2) is 0 Å². The van der Waals surface area contributed by atoms with Crippen molar-refractivity contribution in [3.63, 3.8) is 0 Å². The highest BCUT2D eigenvalue weighted by molar-refractivity contribution is 8.76. The van der Waals surface area contributed by atoms with Crippen molar-refractivity contribution < 1.29 is 33.5 Å². The van der Waals surface area contributed by atoms with Gasteiger partial charge in [0.05, 0.1) is 21.6 Å². The molecule has 1 aromatic rings. The number of methoxy groups -OCH3 is 2. The van der Waals surface area contributed by atoms with Gasteiger partial charge in [-0.2, -0.15) is 0 Å². The summed E-state index contributed by atoms with van der Waals surface area (Å²) in [7, 11) is 1.53. The molecule has 1 amide bonds. The Labute approximate surface area is 220 Å². The lowest BCUT2D eigenvalue weighted by atomic mass is 9.81. The molecule has 12 heteroatoms. The molecule has 0 radical (unpaired) electrons. The van der Waals surface area contributed by atoms with Crippen LogP contribution in [0.4, 0.5) is 0 Å². The van der Waals surface area contributed by atoms with Gasteiger partial charge >= 0.3 is 0 Å². The van der Waals surface area contributed by atoms with Crippen LogP contribution in [0, 0.1) is 0 Å². The summed E-state index contributed by atoms with van der Waals surface area (Å²) in [6.07, 6.45) is 7.17. The maximum Gasteiger partial charge on any atom is 0.234 e. The maximum absolute atomic E-state index is 13.2. The van der Waals surface area contributed by atoms with E-state index in [2.05, 4.69) is 10.3 Å². The third kappa shape index (κ3) is 5.59. The Bertz CT molecular complexity index is 1110. The quantitative estimate of drug-likeness (QED) is 0.285. The Morgan fingerprint density at radius 2 is 1.94 bits per heavy atom. The fourth-order valence-electron chi connectivity index (χ4n) is 4.19. The SMILES string of the molecule is COC1(OC)/C=C/C=C\c2csc(n2)[C@@H](C)NC(=O)C[C@@]2(CC/C(C)=C/[C@H]1O)S(=O)SC(=O)[C@]2(C)O. The van der Waals surface area contributed by atoms with Crippen LogP contribution < -0.4 is 5.32 Å². The van der Waals surface area contributed by atoms with E-state index in [1.165, 1.54) is 32.5 Å². The van der Waals surface area contributed by atoms with Crippen molar-refractivity contribution in [2.75, 3.05) is 14.2 Å². The number of allylic oxidation sites excluding steroid dienone is 3. The normalized spacial score (nSPS) is 37.0. The van der Waals surface area contributed by atoms with Crippen LogP contribution in [0.5, 0.6) is 0 Å². The average molecular weight is 557 g/mol. The lowest BCUT2D eigenvalue weighted by Gasteiger charge is -2.36. The Morgan fingerprint density at radius 1 is 1.25 bits per heavy atom. The number of carbonyl (C=O) groups is 2. The zero-order valence-electron chi connectivity index (χ0n) is 20.8. The number of thiazole rings is 1. The summed E-state index contributed by atoms with van der Waals surface area (Å²) in [4.78, 5) is 30.2. The summed E-state index contributed by atoms with van der Waals surface area (Å²) in [6.45, 7) is 4.87. The minimum absolute atomic E-state index is 0.0785. The van der Waals surface area contributed by atoms with Crippen LogP contribution in [-0.2, 0) is 28.9 Å². The molecule has 2 aliphatic heterocycles. The number of nitrogens with one attached hydrogen (secondary N) is 1. The van der Waals surface area contributed by atoms with E-state index >= 15 is 0 Å². The van der Waals surface area contributed by atoms with Gasteiger partial charge in [-0.3, -0.25) is 9.59 Å². The van der Waals surface area contributed by atoms with Crippen LogP contribution in [0.25, 0.3) is 6.08 Å². The number of rotatable bonds is 2. The topological polar surface area (TPSA) is 135 Å². The van der Waals surface area contributed by atoms with Crippen molar-refractivity contribution >= 4 is 49.1 Å². The highest BCUT2D eigenvalue weighted by Crippen LogP contribution is 2.50. The van der Waals surface area contributed by atoms with Gasteiger partial charge in [0.2, 0.25) is 16.8 Å². The third-order valence-electron chi connectivity index (χ3n) is 6.61. The van der Waals surface area contributed by atoms with Crippen molar-refractivity contribution in [3.05, 3.63) is 46.0 Å². The molecule has 5 atom stereocenters. The summed E-state index contributed by atoms with van der Waals surface area (Å²) in [5.74, 6) is -1.91. The van der Waals surface area contributed by atoms with Gasteiger partial charge < -0.3 is 25.0 Å².